The average Bonchev–Trinajstić information content (AvgIpc) is 3.30. The maximum absolute atomic E-state index is 12.0. The summed E-state index contributed by atoms with van der Waals surface area (Å²) in [5.41, 5.74) is 3.83. The molecule has 4 aromatic rings. The highest BCUT2D eigenvalue weighted by Gasteiger charge is 2.35. The summed E-state index contributed by atoms with van der Waals surface area (Å²) >= 11 is 0. The highest BCUT2D eigenvalue weighted by molar-refractivity contribution is 5.71. The van der Waals surface area contributed by atoms with Crippen molar-refractivity contribution in [2.24, 2.45) is 11.8 Å². The zero-order valence-electron chi connectivity index (χ0n) is 21.7. The van der Waals surface area contributed by atoms with Crippen molar-refractivity contribution in [3.05, 3.63) is 89.6 Å². The second-order valence-corrected chi connectivity index (χ2v) is 9.77. The van der Waals surface area contributed by atoms with E-state index in [1.54, 1.807) is 6.20 Å². The van der Waals surface area contributed by atoms with Gasteiger partial charge in [-0.3, -0.25) is 4.79 Å². The Kier molecular flexibility index (Phi) is 7.67. The van der Waals surface area contributed by atoms with Gasteiger partial charge in [-0.1, -0.05) is 30.3 Å². The van der Waals surface area contributed by atoms with Crippen LogP contribution in [0.3, 0.4) is 0 Å². The minimum Gasteiger partial charge on any atom is -0.493 e. The Bertz CT molecular complexity index is 1370. The van der Waals surface area contributed by atoms with Gasteiger partial charge in [0, 0.05) is 37.0 Å². The van der Waals surface area contributed by atoms with Crippen LogP contribution in [0.5, 0.6) is 5.75 Å². The minimum atomic E-state index is -0.738. The van der Waals surface area contributed by atoms with E-state index < -0.39 is 11.9 Å². The van der Waals surface area contributed by atoms with Crippen molar-refractivity contribution in [3.63, 3.8) is 0 Å². The second-order valence-electron chi connectivity index (χ2n) is 9.77. The molecule has 2 aromatic heterocycles. The number of aliphatic carboxylic acids is 1. The molecule has 8 heteroatoms. The van der Waals surface area contributed by atoms with Crippen LogP contribution < -0.4 is 9.64 Å². The van der Waals surface area contributed by atoms with E-state index in [9.17, 15) is 9.90 Å². The molecular formula is C30H32N4O4. The lowest BCUT2D eigenvalue weighted by Crippen LogP contribution is -2.44. The number of rotatable bonds is 9. The fraction of sp³-hybridized carbons (Fsp3) is 0.333. The Balaban J connectivity index is 1.18. The van der Waals surface area contributed by atoms with Gasteiger partial charge in [-0.05, 0) is 68.5 Å². The molecule has 0 amide bonds. The number of carboxylic acid groups (broad SMARTS) is 1. The molecule has 0 unspecified atom stereocenters. The number of hydrogen-bond donors (Lipinski definition) is 1. The molecule has 2 aromatic carbocycles. The molecule has 0 spiro atoms. The zero-order valence-corrected chi connectivity index (χ0v) is 21.7. The molecule has 8 nitrogen and oxygen atoms in total. The van der Waals surface area contributed by atoms with Crippen molar-refractivity contribution >= 4 is 11.9 Å². The summed E-state index contributed by atoms with van der Waals surface area (Å²) < 4.78 is 11.8. The average molecular weight is 513 g/mol. The van der Waals surface area contributed by atoms with Gasteiger partial charge in [-0.25, -0.2) is 15.0 Å². The van der Waals surface area contributed by atoms with Gasteiger partial charge in [-0.2, -0.15) is 0 Å². The topological polar surface area (TPSA) is 102 Å². The largest absolute Gasteiger partial charge is 0.493 e. The first kappa shape index (κ1) is 25.4. The first-order valence-corrected chi connectivity index (χ1v) is 13.0. The maximum atomic E-state index is 12.0. The molecule has 0 bridgehead atoms. The molecule has 3 heterocycles. The maximum Gasteiger partial charge on any atom is 0.306 e. The highest BCUT2D eigenvalue weighted by Crippen LogP contribution is 2.30. The number of ether oxygens (including phenoxy) is 1. The summed E-state index contributed by atoms with van der Waals surface area (Å²) in [5, 5.41) is 9.83. The third-order valence-electron chi connectivity index (χ3n) is 7.06. The molecule has 1 aliphatic rings. The minimum absolute atomic E-state index is 0.0360. The molecule has 1 N–H and O–H groups in total. The molecule has 1 aliphatic heterocycles. The fourth-order valence-corrected chi connectivity index (χ4v) is 4.99. The van der Waals surface area contributed by atoms with Crippen LogP contribution in [0.15, 0.2) is 71.3 Å². The van der Waals surface area contributed by atoms with E-state index in [2.05, 4.69) is 19.9 Å². The Labute approximate surface area is 222 Å². The SMILES string of the molecule is Cc1ccnc(N2CC[C@H](C(=O)O)[C@H](Cc3ccc(OCCc4nc(-c5ccccc5)oc4C)cc3)C2)n1. The van der Waals surface area contributed by atoms with Gasteiger partial charge >= 0.3 is 5.97 Å². The van der Waals surface area contributed by atoms with Crippen molar-refractivity contribution in [1.29, 1.82) is 0 Å². The lowest BCUT2D eigenvalue weighted by molar-refractivity contribution is -0.144. The molecule has 1 saturated heterocycles. The summed E-state index contributed by atoms with van der Waals surface area (Å²) in [5.74, 6) is 1.70. The third kappa shape index (κ3) is 6.02. The van der Waals surface area contributed by atoms with E-state index in [-0.39, 0.29) is 5.92 Å². The van der Waals surface area contributed by atoms with E-state index >= 15 is 0 Å². The highest BCUT2D eigenvalue weighted by atomic mass is 16.5. The van der Waals surface area contributed by atoms with Crippen LogP contribution in [-0.2, 0) is 17.6 Å². The number of benzene rings is 2. The van der Waals surface area contributed by atoms with Gasteiger partial charge in [0.2, 0.25) is 11.8 Å². The molecule has 196 valence electrons. The molecular weight excluding hydrogens is 480 g/mol. The number of hydrogen-bond acceptors (Lipinski definition) is 7. The van der Waals surface area contributed by atoms with Crippen LogP contribution in [0.1, 0.15) is 29.1 Å². The molecule has 0 saturated carbocycles. The van der Waals surface area contributed by atoms with Gasteiger partial charge in [0.1, 0.15) is 11.5 Å². The predicted octanol–water partition coefficient (Wildman–Crippen LogP) is 5.14. The van der Waals surface area contributed by atoms with Gasteiger partial charge in [0.05, 0.1) is 18.2 Å². The Hall–Kier alpha value is -4.20. The number of carbonyl (C=O) groups is 1. The normalized spacial score (nSPS) is 17.4. The smallest absolute Gasteiger partial charge is 0.306 e. The van der Waals surface area contributed by atoms with Crippen LogP contribution in [0.2, 0.25) is 0 Å². The Morgan fingerprint density at radius 2 is 1.87 bits per heavy atom. The summed E-state index contributed by atoms with van der Waals surface area (Å²) in [6.07, 6.45) is 3.63. The van der Waals surface area contributed by atoms with Crippen molar-refractivity contribution in [3.8, 4) is 17.2 Å². The monoisotopic (exact) mass is 512 g/mol. The standard InChI is InChI=1S/C30H32N4O4/c1-20-12-15-31-30(32-20)34-16-13-26(29(35)36)24(19-34)18-22-8-10-25(11-9-22)37-17-14-27-21(2)38-28(33-27)23-6-4-3-5-7-23/h3-12,15,24,26H,13-14,16-19H2,1-2H3,(H,35,36)/t24-,26+/m1/s1. The van der Waals surface area contributed by atoms with E-state index in [0.717, 1.165) is 34.0 Å². The summed E-state index contributed by atoms with van der Waals surface area (Å²) in [4.78, 5) is 27.6. The van der Waals surface area contributed by atoms with Gasteiger partial charge in [0.15, 0.2) is 0 Å². The lowest BCUT2D eigenvalue weighted by atomic mass is 9.81. The number of piperidine rings is 1. The van der Waals surface area contributed by atoms with E-state index in [4.69, 9.17) is 9.15 Å². The van der Waals surface area contributed by atoms with Crippen LogP contribution in [-0.4, -0.2) is 45.7 Å². The van der Waals surface area contributed by atoms with Crippen molar-refractivity contribution in [2.45, 2.75) is 33.1 Å². The molecule has 1 fully saturated rings. The van der Waals surface area contributed by atoms with Gasteiger partial charge in [-0.15, -0.1) is 0 Å². The number of aryl methyl sites for hydroxylation is 2. The summed E-state index contributed by atoms with van der Waals surface area (Å²) in [6, 6.07) is 19.6. The molecule has 5 rings (SSSR count). The van der Waals surface area contributed by atoms with Crippen molar-refractivity contribution < 1.29 is 19.1 Å². The van der Waals surface area contributed by atoms with Gasteiger partial charge in [0.25, 0.3) is 0 Å². The number of oxazole rings is 1. The number of nitrogens with zero attached hydrogens (tertiary/aromatic N) is 4. The van der Waals surface area contributed by atoms with Crippen LogP contribution in [0, 0.1) is 25.7 Å². The van der Waals surface area contributed by atoms with Crippen LogP contribution in [0.4, 0.5) is 5.95 Å². The number of anilines is 1. The van der Waals surface area contributed by atoms with E-state index in [0.29, 0.717) is 50.8 Å². The van der Waals surface area contributed by atoms with Crippen LogP contribution >= 0.6 is 0 Å². The number of carboxylic acids is 1. The molecule has 2 atom stereocenters. The van der Waals surface area contributed by atoms with Crippen molar-refractivity contribution in [2.75, 3.05) is 24.6 Å². The second kappa shape index (κ2) is 11.5. The first-order chi connectivity index (χ1) is 18.5. The fourth-order valence-electron chi connectivity index (χ4n) is 4.99. The third-order valence-corrected chi connectivity index (χ3v) is 7.06. The summed E-state index contributed by atoms with van der Waals surface area (Å²) in [7, 11) is 0. The molecule has 0 radical (unpaired) electrons. The zero-order chi connectivity index (χ0) is 26.5. The molecule has 0 aliphatic carbocycles. The molecule has 38 heavy (non-hydrogen) atoms. The quantitative estimate of drug-likeness (QED) is 0.329. The van der Waals surface area contributed by atoms with E-state index in [1.165, 1.54) is 0 Å². The number of aromatic nitrogens is 3. The Morgan fingerprint density at radius 1 is 1.08 bits per heavy atom. The predicted molar refractivity (Wildman–Crippen MR) is 144 cm³/mol. The lowest BCUT2D eigenvalue weighted by Gasteiger charge is -2.37. The van der Waals surface area contributed by atoms with Crippen LogP contribution in [0.25, 0.3) is 11.5 Å². The Morgan fingerprint density at radius 3 is 2.61 bits per heavy atom. The van der Waals surface area contributed by atoms with E-state index in [1.807, 2.05) is 74.5 Å². The van der Waals surface area contributed by atoms with Gasteiger partial charge < -0.3 is 19.2 Å². The first-order valence-electron chi connectivity index (χ1n) is 13.0. The van der Waals surface area contributed by atoms with Crippen molar-refractivity contribution in [1.82, 2.24) is 15.0 Å². The summed E-state index contributed by atoms with van der Waals surface area (Å²) in [6.45, 7) is 5.59.